The zero-order valence-electron chi connectivity index (χ0n) is 10.5. The molecule has 0 spiro atoms. The van der Waals surface area contributed by atoms with Gasteiger partial charge in [-0.3, -0.25) is 4.79 Å². The van der Waals surface area contributed by atoms with Crippen LogP contribution in [0.3, 0.4) is 0 Å². The molecule has 18 heavy (non-hydrogen) atoms. The van der Waals surface area contributed by atoms with Crippen LogP contribution < -0.4 is 11.1 Å². The first-order valence-electron chi connectivity index (χ1n) is 6.31. The number of nitrogens with one attached hydrogen (secondary N) is 1. The summed E-state index contributed by atoms with van der Waals surface area (Å²) in [4.78, 5) is 15.8. The van der Waals surface area contributed by atoms with Crippen LogP contribution in [-0.4, -0.2) is 40.8 Å². The molecule has 1 aliphatic heterocycles. The van der Waals surface area contributed by atoms with Crippen molar-refractivity contribution in [2.45, 2.75) is 31.3 Å². The number of hydrogen-bond donors (Lipinski definition) is 2. The lowest BCUT2D eigenvalue weighted by molar-refractivity contribution is -0.126. The van der Waals surface area contributed by atoms with Gasteiger partial charge in [0.2, 0.25) is 5.91 Å². The maximum atomic E-state index is 11.8. The Hall–Kier alpha value is -1.40. The molecule has 1 atom stereocenters. The van der Waals surface area contributed by atoms with Crippen molar-refractivity contribution in [3.63, 3.8) is 0 Å². The molecule has 0 aromatic carbocycles. The van der Waals surface area contributed by atoms with Crippen LogP contribution in [0, 0.1) is 0 Å². The van der Waals surface area contributed by atoms with Crippen molar-refractivity contribution in [1.29, 1.82) is 0 Å². The Morgan fingerprint density at radius 2 is 2.44 bits per heavy atom. The summed E-state index contributed by atoms with van der Waals surface area (Å²) in [6.45, 7) is 2.48. The molecule has 1 fully saturated rings. The molecule has 0 radical (unpaired) electrons. The molecule has 0 aliphatic carbocycles. The van der Waals surface area contributed by atoms with Gasteiger partial charge in [-0.05, 0) is 19.3 Å². The minimum absolute atomic E-state index is 0.0948. The summed E-state index contributed by atoms with van der Waals surface area (Å²) in [5.41, 5.74) is 5.13. The number of ether oxygens (including phenoxy) is 1. The van der Waals surface area contributed by atoms with E-state index >= 15 is 0 Å². The van der Waals surface area contributed by atoms with Gasteiger partial charge in [-0.25, -0.2) is 4.98 Å². The smallest absolute Gasteiger partial charge is 0.242 e. The number of imidazole rings is 1. The maximum absolute atomic E-state index is 11.8. The highest BCUT2D eigenvalue weighted by Crippen LogP contribution is 2.15. The van der Waals surface area contributed by atoms with Crippen molar-refractivity contribution in [1.82, 2.24) is 14.9 Å². The van der Waals surface area contributed by atoms with Gasteiger partial charge >= 0.3 is 0 Å². The molecule has 1 aliphatic rings. The van der Waals surface area contributed by atoms with Crippen molar-refractivity contribution in [3.05, 3.63) is 18.7 Å². The van der Waals surface area contributed by atoms with Gasteiger partial charge in [-0.2, -0.15) is 0 Å². The summed E-state index contributed by atoms with van der Waals surface area (Å²) in [6.07, 6.45) is 8.03. The average Bonchev–Trinajstić information content (AvgIpc) is 3.00. The number of nitrogens with two attached hydrogens (primary N) is 1. The van der Waals surface area contributed by atoms with Crippen molar-refractivity contribution in [3.8, 4) is 0 Å². The van der Waals surface area contributed by atoms with Gasteiger partial charge in [0.05, 0.1) is 12.9 Å². The summed E-state index contributed by atoms with van der Waals surface area (Å²) >= 11 is 0. The number of aromatic nitrogens is 2. The molecule has 1 saturated heterocycles. The SMILES string of the molecule is NC1(C(=O)NCCCCn2ccnc2)CCOC1. The first-order chi connectivity index (χ1) is 8.71. The zero-order chi connectivity index (χ0) is 12.8. The van der Waals surface area contributed by atoms with Gasteiger partial charge in [-0.1, -0.05) is 0 Å². The van der Waals surface area contributed by atoms with Gasteiger partial charge in [0.25, 0.3) is 0 Å². The minimum Gasteiger partial charge on any atom is -0.379 e. The lowest BCUT2D eigenvalue weighted by Crippen LogP contribution is -2.54. The van der Waals surface area contributed by atoms with Crippen molar-refractivity contribution < 1.29 is 9.53 Å². The summed E-state index contributed by atoms with van der Waals surface area (Å²) in [5, 5.41) is 2.88. The Morgan fingerprint density at radius 1 is 1.56 bits per heavy atom. The van der Waals surface area contributed by atoms with Crippen LogP contribution in [0.25, 0.3) is 0 Å². The first-order valence-corrected chi connectivity index (χ1v) is 6.31. The third kappa shape index (κ3) is 3.30. The van der Waals surface area contributed by atoms with E-state index in [2.05, 4.69) is 10.3 Å². The first kappa shape index (κ1) is 13.0. The minimum atomic E-state index is -0.815. The van der Waals surface area contributed by atoms with Gasteiger partial charge in [-0.15, -0.1) is 0 Å². The Balaban J connectivity index is 1.59. The Labute approximate surface area is 107 Å². The van der Waals surface area contributed by atoms with E-state index in [1.54, 1.807) is 12.5 Å². The standard InChI is InChI=1S/C12H20N4O2/c13-12(3-8-18-9-12)11(17)15-4-1-2-6-16-7-5-14-10-16/h5,7,10H,1-4,6,8-9,13H2,(H,15,17). The summed E-state index contributed by atoms with van der Waals surface area (Å²) in [7, 11) is 0. The zero-order valence-corrected chi connectivity index (χ0v) is 10.5. The fraction of sp³-hybridized carbons (Fsp3) is 0.667. The Morgan fingerprint density at radius 3 is 3.11 bits per heavy atom. The van der Waals surface area contributed by atoms with E-state index in [1.165, 1.54) is 0 Å². The fourth-order valence-electron chi connectivity index (χ4n) is 1.98. The molecule has 1 aromatic rings. The van der Waals surface area contributed by atoms with E-state index in [0.29, 0.717) is 26.2 Å². The quantitative estimate of drug-likeness (QED) is 0.692. The molecule has 1 amide bonds. The number of unbranched alkanes of at least 4 members (excludes halogenated alkanes) is 1. The van der Waals surface area contributed by atoms with Crippen LogP contribution >= 0.6 is 0 Å². The van der Waals surface area contributed by atoms with Crippen molar-refractivity contribution in [2.75, 3.05) is 19.8 Å². The van der Waals surface area contributed by atoms with E-state index in [-0.39, 0.29) is 5.91 Å². The highest BCUT2D eigenvalue weighted by Gasteiger charge is 2.37. The number of hydrogen-bond acceptors (Lipinski definition) is 4. The molecule has 100 valence electrons. The predicted octanol–water partition coefficient (Wildman–Crippen LogP) is -0.103. The Kier molecular flexibility index (Phi) is 4.33. The molecular weight excluding hydrogens is 232 g/mol. The van der Waals surface area contributed by atoms with E-state index in [0.717, 1.165) is 19.4 Å². The van der Waals surface area contributed by atoms with Crippen LogP contribution in [0.15, 0.2) is 18.7 Å². The molecule has 0 bridgehead atoms. The Bertz CT molecular complexity index is 371. The molecule has 2 heterocycles. The highest BCUT2D eigenvalue weighted by atomic mass is 16.5. The normalized spacial score (nSPS) is 23.2. The molecule has 0 saturated carbocycles. The van der Waals surface area contributed by atoms with E-state index < -0.39 is 5.54 Å². The highest BCUT2D eigenvalue weighted by molar-refractivity contribution is 5.86. The fourth-order valence-corrected chi connectivity index (χ4v) is 1.98. The lowest BCUT2D eigenvalue weighted by Gasteiger charge is -2.20. The number of carbonyl (C=O) groups excluding carboxylic acids is 1. The molecule has 6 nitrogen and oxygen atoms in total. The van der Waals surface area contributed by atoms with Gasteiger partial charge < -0.3 is 20.4 Å². The van der Waals surface area contributed by atoms with Crippen molar-refractivity contribution >= 4 is 5.91 Å². The lowest BCUT2D eigenvalue weighted by atomic mass is 9.99. The number of carbonyl (C=O) groups is 1. The third-order valence-corrected chi connectivity index (χ3v) is 3.19. The molecule has 1 unspecified atom stereocenters. The van der Waals surface area contributed by atoms with Crippen LogP contribution in [0.2, 0.25) is 0 Å². The second-order valence-electron chi connectivity index (χ2n) is 4.72. The van der Waals surface area contributed by atoms with Gasteiger partial charge in [0.1, 0.15) is 5.54 Å². The largest absolute Gasteiger partial charge is 0.379 e. The maximum Gasteiger partial charge on any atom is 0.242 e. The van der Waals surface area contributed by atoms with E-state index in [9.17, 15) is 4.79 Å². The average molecular weight is 252 g/mol. The van der Waals surface area contributed by atoms with Crippen molar-refractivity contribution in [2.24, 2.45) is 5.73 Å². The summed E-state index contributed by atoms with van der Waals surface area (Å²) in [6, 6.07) is 0. The number of nitrogens with zero attached hydrogens (tertiary/aromatic N) is 2. The molecule has 1 aromatic heterocycles. The molecular formula is C12H20N4O2. The van der Waals surface area contributed by atoms with Crippen LogP contribution in [0.5, 0.6) is 0 Å². The van der Waals surface area contributed by atoms with Crippen LogP contribution in [0.1, 0.15) is 19.3 Å². The molecule has 3 N–H and O–H groups in total. The number of rotatable bonds is 6. The second kappa shape index (κ2) is 5.97. The molecule has 6 heteroatoms. The van der Waals surface area contributed by atoms with E-state index in [1.807, 2.05) is 10.8 Å². The predicted molar refractivity (Wildman–Crippen MR) is 66.8 cm³/mol. The van der Waals surface area contributed by atoms with Crippen LogP contribution in [0.4, 0.5) is 0 Å². The topological polar surface area (TPSA) is 82.2 Å². The monoisotopic (exact) mass is 252 g/mol. The van der Waals surface area contributed by atoms with Crippen LogP contribution in [-0.2, 0) is 16.1 Å². The number of aryl methyl sites for hydroxylation is 1. The van der Waals surface area contributed by atoms with E-state index in [4.69, 9.17) is 10.5 Å². The van der Waals surface area contributed by atoms with Gasteiger partial charge in [0.15, 0.2) is 0 Å². The summed E-state index contributed by atoms with van der Waals surface area (Å²) in [5.74, 6) is -0.0948. The molecule has 2 rings (SSSR count). The number of amides is 1. The second-order valence-corrected chi connectivity index (χ2v) is 4.72. The third-order valence-electron chi connectivity index (χ3n) is 3.19. The van der Waals surface area contributed by atoms with Gasteiger partial charge in [0, 0.05) is 32.1 Å². The summed E-state index contributed by atoms with van der Waals surface area (Å²) < 4.78 is 7.19.